The van der Waals surface area contributed by atoms with Crippen molar-refractivity contribution in [3.05, 3.63) is 41.4 Å². The summed E-state index contributed by atoms with van der Waals surface area (Å²) in [7, 11) is 4.51. The van der Waals surface area contributed by atoms with Gasteiger partial charge in [0.15, 0.2) is 17.3 Å². The van der Waals surface area contributed by atoms with Crippen LogP contribution in [0.1, 0.15) is 21.9 Å². The highest BCUT2D eigenvalue weighted by molar-refractivity contribution is 6.03. The Hall–Kier alpha value is -3.82. The molecule has 0 bridgehead atoms. The molecule has 29 heavy (non-hydrogen) atoms. The standard InChI is InChI=1S/C19H21N5O5/c1-10-6-13(22-19(20-10)23-16-7-11(2)29-24-16)18(25)21-12-8-14(26-3)17(28-5)15(9-12)27-4/h6-9H,1-5H3,(H,21,25)(H,20,22,23,24). The third-order valence-corrected chi connectivity index (χ3v) is 3.88. The van der Waals surface area contributed by atoms with Gasteiger partial charge in [0.25, 0.3) is 5.91 Å². The number of anilines is 3. The smallest absolute Gasteiger partial charge is 0.274 e. The fourth-order valence-corrected chi connectivity index (χ4v) is 2.63. The molecule has 0 radical (unpaired) electrons. The molecule has 2 N–H and O–H groups in total. The second kappa shape index (κ2) is 8.46. The number of nitrogens with zero attached hydrogens (tertiary/aromatic N) is 3. The maximum Gasteiger partial charge on any atom is 0.274 e. The van der Waals surface area contributed by atoms with E-state index in [-0.39, 0.29) is 11.6 Å². The Labute approximate surface area is 167 Å². The van der Waals surface area contributed by atoms with Crippen molar-refractivity contribution in [1.29, 1.82) is 0 Å². The van der Waals surface area contributed by atoms with Gasteiger partial charge in [0.05, 0.1) is 21.3 Å². The van der Waals surface area contributed by atoms with Gasteiger partial charge < -0.3 is 29.4 Å². The Morgan fingerprint density at radius 1 is 0.966 bits per heavy atom. The fraction of sp³-hybridized carbons (Fsp3) is 0.263. The van der Waals surface area contributed by atoms with E-state index in [0.29, 0.717) is 40.2 Å². The molecule has 10 heteroatoms. The molecule has 0 saturated heterocycles. The van der Waals surface area contributed by atoms with E-state index < -0.39 is 5.91 Å². The first-order valence-electron chi connectivity index (χ1n) is 8.61. The molecule has 10 nitrogen and oxygen atoms in total. The first kappa shape index (κ1) is 19.9. The molecule has 0 aliphatic heterocycles. The van der Waals surface area contributed by atoms with E-state index in [2.05, 4.69) is 25.8 Å². The summed E-state index contributed by atoms with van der Waals surface area (Å²) < 4.78 is 20.9. The highest BCUT2D eigenvalue weighted by Crippen LogP contribution is 2.40. The second-order valence-corrected chi connectivity index (χ2v) is 6.03. The summed E-state index contributed by atoms with van der Waals surface area (Å²) >= 11 is 0. The predicted molar refractivity (Wildman–Crippen MR) is 105 cm³/mol. The average Bonchev–Trinajstić information content (AvgIpc) is 3.11. The second-order valence-electron chi connectivity index (χ2n) is 6.03. The molecule has 1 amide bonds. The molecule has 0 fully saturated rings. The van der Waals surface area contributed by atoms with Crippen LogP contribution in [0.25, 0.3) is 0 Å². The van der Waals surface area contributed by atoms with Crippen molar-refractivity contribution in [3.8, 4) is 17.2 Å². The van der Waals surface area contributed by atoms with Crippen LogP contribution in [0, 0.1) is 13.8 Å². The van der Waals surface area contributed by atoms with Gasteiger partial charge in [-0.25, -0.2) is 9.97 Å². The van der Waals surface area contributed by atoms with Gasteiger partial charge in [-0.1, -0.05) is 5.16 Å². The van der Waals surface area contributed by atoms with Gasteiger partial charge in [0.2, 0.25) is 11.7 Å². The lowest BCUT2D eigenvalue weighted by Gasteiger charge is -2.14. The molecule has 1 aromatic carbocycles. The summed E-state index contributed by atoms with van der Waals surface area (Å²) in [5.74, 6) is 2.16. The van der Waals surface area contributed by atoms with Gasteiger partial charge in [0.1, 0.15) is 11.5 Å². The molecule has 0 aliphatic carbocycles. The van der Waals surface area contributed by atoms with Crippen LogP contribution in [0.4, 0.5) is 17.5 Å². The van der Waals surface area contributed by atoms with E-state index in [1.165, 1.54) is 21.3 Å². The van der Waals surface area contributed by atoms with Crippen molar-refractivity contribution in [2.75, 3.05) is 32.0 Å². The highest BCUT2D eigenvalue weighted by Gasteiger charge is 2.17. The normalized spacial score (nSPS) is 10.4. The van der Waals surface area contributed by atoms with Gasteiger partial charge in [-0.05, 0) is 19.9 Å². The summed E-state index contributed by atoms with van der Waals surface area (Å²) in [6, 6.07) is 6.53. The Kier molecular flexibility index (Phi) is 5.82. The fourth-order valence-electron chi connectivity index (χ4n) is 2.63. The maximum absolute atomic E-state index is 12.8. The van der Waals surface area contributed by atoms with Crippen LogP contribution in [0.3, 0.4) is 0 Å². The predicted octanol–water partition coefficient (Wildman–Crippen LogP) is 3.10. The quantitative estimate of drug-likeness (QED) is 0.617. The van der Waals surface area contributed by atoms with Gasteiger partial charge >= 0.3 is 0 Å². The number of aromatic nitrogens is 3. The van der Waals surface area contributed by atoms with Gasteiger partial charge in [0, 0.05) is 29.6 Å². The summed E-state index contributed by atoms with van der Waals surface area (Å²) in [5.41, 5.74) is 1.24. The number of hydrogen-bond acceptors (Lipinski definition) is 9. The zero-order valence-corrected chi connectivity index (χ0v) is 16.7. The van der Waals surface area contributed by atoms with Crippen LogP contribution in [-0.2, 0) is 0 Å². The maximum atomic E-state index is 12.8. The molecule has 152 valence electrons. The van der Waals surface area contributed by atoms with Crippen LogP contribution in [0.5, 0.6) is 17.2 Å². The minimum Gasteiger partial charge on any atom is -0.493 e. The molecular formula is C19H21N5O5. The first-order valence-corrected chi connectivity index (χ1v) is 8.61. The van der Waals surface area contributed by atoms with Crippen molar-refractivity contribution in [2.24, 2.45) is 0 Å². The average molecular weight is 399 g/mol. The van der Waals surface area contributed by atoms with Gasteiger partial charge in [-0.2, -0.15) is 0 Å². The molecule has 0 aliphatic rings. The Morgan fingerprint density at radius 2 is 1.66 bits per heavy atom. The molecule has 0 unspecified atom stereocenters. The summed E-state index contributed by atoms with van der Waals surface area (Å²) in [6.45, 7) is 3.53. The summed E-state index contributed by atoms with van der Waals surface area (Å²) in [6.07, 6.45) is 0. The van der Waals surface area contributed by atoms with Gasteiger partial charge in [-0.3, -0.25) is 4.79 Å². The largest absolute Gasteiger partial charge is 0.493 e. The molecular weight excluding hydrogens is 378 g/mol. The van der Waals surface area contributed by atoms with Crippen molar-refractivity contribution in [1.82, 2.24) is 15.1 Å². The van der Waals surface area contributed by atoms with E-state index in [1.54, 1.807) is 38.1 Å². The van der Waals surface area contributed by atoms with Crippen LogP contribution in [0.15, 0.2) is 28.8 Å². The zero-order chi connectivity index (χ0) is 21.0. The molecule has 2 aromatic heterocycles. The minimum absolute atomic E-state index is 0.175. The first-order chi connectivity index (χ1) is 13.9. The molecule has 0 atom stereocenters. The van der Waals surface area contributed by atoms with Crippen molar-refractivity contribution >= 4 is 23.4 Å². The van der Waals surface area contributed by atoms with Crippen molar-refractivity contribution in [2.45, 2.75) is 13.8 Å². The monoisotopic (exact) mass is 399 g/mol. The van der Waals surface area contributed by atoms with Crippen LogP contribution in [0.2, 0.25) is 0 Å². The number of hydrogen-bond donors (Lipinski definition) is 2. The number of aryl methyl sites for hydroxylation is 2. The topological polar surface area (TPSA) is 121 Å². The van der Waals surface area contributed by atoms with Crippen molar-refractivity contribution in [3.63, 3.8) is 0 Å². The number of ether oxygens (including phenoxy) is 3. The van der Waals surface area contributed by atoms with E-state index in [0.717, 1.165) is 0 Å². The molecule has 2 heterocycles. The lowest BCUT2D eigenvalue weighted by atomic mass is 10.2. The van der Waals surface area contributed by atoms with Crippen LogP contribution >= 0.6 is 0 Å². The van der Waals surface area contributed by atoms with Gasteiger partial charge in [-0.15, -0.1) is 0 Å². The van der Waals surface area contributed by atoms with E-state index >= 15 is 0 Å². The third kappa shape index (κ3) is 4.54. The number of methoxy groups -OCH3 is 3. The Morgan fingerprint density at radius 3 is 2.21 bits per heavy atom. The van der Waals surface area contributed by atoms with E-state index in [1.807, 2.05) is 0 Å². The van der Waals surface area contributed by atoms with E-state index in [9.17, 15) is 4.79 Å². The summed E-state index contributed by atoms with van der Waals surface area (Å²) in [5, 5.41) is 9.52. The SMILES string of the molecule is COc1cc(NC(=O)c2cc(C)nc(Nc3cc(C)on3)n2)cc(OC)c1OC. The lowest BCUT2D eigenvalue weighted by Crippen LogP contribution is -2.16. The number of carbonyl (C=O) groups is 1. The van der Waals surface area contributed by atoms with Crippen LogP contribution < -0.4 is 24.8 Å². The Balaban J connectivity index is 1.85. The zero-order valence-electron chi connectivity index (χ0n) is 16.7. The van der Waals surface area contributed by atoms with Crippen molar-refractivity contribution < 1.29 is 23.5 Å². The number of amides is 1. The molecule has 3 rings (SSSR count). The molecule has 0 saturated carbocycles. The summed E-state index contributed by atoms with van der Waals surface area (Å²) in [4.78, 5) is 21.3. The molecule has 0 spiro atoms. The number of rotatable bonds is 7. The molecule has 3 aromatic rings. The number of carbonyl (C=O) groups excluding carboxylic acids is 1. The minimum atomic E-state index is -0.427. The number of benzene rings is 1. The third-order valence-electron chi connectivity index (χ3n) is 3.88. The number of nitrogens with one attached hydrogen (secondary N) is 2. The lowest BCUT2D eigenvalue weighted by molar-refractivity contribution is 0.102. The highest BCUT2D eigenvalue weighted by atomic mass is 16.5. The Bertz CT molecular complexity index is 1010. The van der Waals surface area contributed by atoms with Crippen LogP contribution in [-0.4, -0.2) is 42.4 Å². The van der Waals surface area contributed by atoms with E-state index in [4.69, 9.17) is 18.7 Å².